The first-order valence-corrected chi connectivity index (χ1v) is 7.25. The summed E-state index contributed by atoms with van der Waals surface area (Å²) in [6.45, 7) is 15.3. The van der Waals surface area contributed by atoms with Crippen LogP contribution >= 0.6 is 7.81 Å². The number of hydrogen-bond acceptors (Lipinski definition) is 0. The van der Waals surface area contributed by atoms with Gasteiger partial charge in [-0.1, -0.05) is 6.58 Å². The molecule has 0 atom stereocenters. The summed E-state index contributed by atoms with van der Waals surface area (Å²) in [6, 6.07) is 0. The molecule has 17 heavy (non-hydrogen) atoms. The number of quaternary nitrogens is 1. The quantitative estimate of drug-likeness (QED) is 0.274. The van der Waals surface area contributed by atoms with Crippen LogP contribution in [0.1, 0.15) is 20.8 Å². The van der Waals surface area contributed by atoms with Crippen LogP contribution in [0.15, 0.2) is 12.7 Å². The van der Waals surface area contributed by atoms with E-state index in [4.69, 9.17) is 0 Å². The normalized spacial score (nSPS) is 16.3. The molecule has 0 N–H and O–H groups in total. The molecule has 0 heterocycles. The molecule has 0 fully saturated rings. The molecule has 1 nitrogen and oxygen atoms in total. The molecule has 0 aliphatic heterocycles. The fraction of sp³-hybridized carbons (Fsp3) is 0.778. The predicted octanol–water partition coefficient (Wildman–Crippen LogP) is 5.43. The molecule has 0 radical (unpaired) electrons. The van der Waals surface area contributed by atoms with Gasteiger partial charge in [-0.05, 0) is 26.8 Å². The van der Waals surface area contributed by atoms with Gasteiger partial charge in [0.2, 0.25) is 0 Å². The van der Waals surface area contributed by atoms with E-state index in [9.17, 15) is 25.2 Å². The fourth-order valence-corrected chi connectivity index (χ4v) is 1.33. The van der Waals surface area contributed by atoms with Crippen molar-refractivity contribution in [1.29, 1.82) is 0 Å². The molecule has 0 bridgehead atoms. The van der Waals surface area contributed by atoms with Crippen molar-refractivity contribution in [1.82, 2.24) is 0 Å². The van der Waals surface area contributed by atoms with Crippen molar-refractivity contribution < 1.29 is 29.7 Å². The minimum atomic E-state index is -10.7. The molecule has 0 spiro atoms. The molecule has 0 aromatic heterocycles. The third-order valence-electron chi connectivity index (χ3n) is 2.53. The van der Waals surface area contributed by atoms with Crippen LogP contribution in [0.3, 0.4) is 0 Å². The SMILES string of the molecule is C=CC[N+](CC)(CC)CC.F[P-](F)(F)(F)(F)F. The number of hydrogen-bond donors (Lipinski definition) is 0. The summed E-state index contributed by atoms with van der Waals surface area (Å²) in [6.07, 6.45) is 2.02. The first-order valence-electron chi connectivity index (χ1n) is 5.22. The molecule has 0 aliphatic rings. The minimum absolute atomic E-state index is 1.11. The Morgan fingerprint density at radius 3 is 1.18 bits per heavy atom. The van der Waals surface area contributed by atoms with E-state index in [2.05, 4.69) is 27.4 Å². The maximum absolute atomic E-state index is 10.7. The predicted molar refractivity (Wildman–Crippen MR) is 60.5 cm³/mol. The van der Waals surface area contributed by atoms with Gasteiger partial charge in [0.15, 0.2) is 0 Å². The van der Waals surface area contributed by atoms with Gasteiger partial charge in [-0.3, -0.25) is 0 Å². The van der Waals surface area contributed by atoms with Gasteiger partial charge in [-0.25, -0.2) is 0 Å². The molecule has 0 aromatic carbocycles. The molecule has 108 valence electrons. The van der Waals surface area contributed by atoms with Gasteiger partial charge >= 0.3 is 33.0 Å². The van der Waals surface area contributed by atoms with Crippen LogP contribution in [0.4, 0.5) is 25.2 Å². The Hall–Kier alpha value is -0.290. The zero-order valence-electron chi connectivity index (χ0n) is 10.3. The Balaban J connectivity index is 0. The standard InChI is InChI=1S/C9H20N.F6P/c1-5-9-10(6-2,7-3)8-4;1-7(2,3,4,5)6/h5H,1,6-9H2,2-4H3;/q+1;-1. The van der Waals surface area contributed by atoms with E-state index in [1.54, 1.807) is 0 Å². The Labute approximate surface area is 97.9 Å². The second kappa shape index (κ2) is 5.14. The third-order valence-corrected chi connectivity index (χ3v) is 2.53. The third kappa shape index (κ3) is 18.3. The summed E-state index contributed by atoms with van der Waals surface area (Å²) in [7, 11) is -10.7. The van der Waals surface area contributed by atoms with Crippen LogP contribution in [0.5, 0.6) is 0 Å². The van der Waals surface area contributed by atoms with Crippen molar-refractivity contribution in [2.75, 3.05) is 26.2 Å². The van der Waals surface area contributed by atoms with Crippen LogP contribution in [-0.4, -0.2) is 30.7 Å². The topological polar surface area (TPSA) is 0 Å². The molecule has 0 amide bonds. The maximum atomic E-state index is 9.87. The second-order valence-corrected chi connectivity index (χ2v) is 5.64. The molecular weight excluding hydrogens is 267 g/mol. The van der Waals surface area contributed by atoms with Crippen LogP contribution < -0.4 is 0 Å². The molecule has 8 heteroatoms. The van der Waals surface area contributed by atoms with E-state index in [1.807, 2.05) is 6.08 Å². The summed E-state index contributed by atoms with van der Waals surface area (Å²) in [5.74, 6) is 0. The summed E-state index contributed by atoms with van der Waals surface area (Å²) in [4.78, 5) is 0. The van der Waals surface area contributed by atoms with E-state index >= 15 is 0 Å². The Morgan fingerprint density at radius 1 is 0.882 bits per heavy atom. The summed E-state index contributed by atoms with van der Waals surface area (Å²) in [5, 5.41) is 0. The summed E-state index contributed by atoms with van der Waals surface area (Å²) >= 11 is 0. The summed E-state index contributed by atoms with van der Waals surface area (Å²) in [5.41, 5.74) is 0. The monoisotopic (exact) mass is 287 g/mol. The fourth-order valence-electron chi connectivity index (χ4n) is 1.33. The average molecular weight is 287 g/mol. The van der Waals surface area contributed by atoms with E-state index in [0.717, 1.165) is 6.54 Å². The van der Waals surface area contributed by atoms with Gasteiger partial charge in [0.05, 0.1) is 26.2 Å². The molecule has 0 unspecified atom stereocenters. The molecule has 0 rings (SSSR count). The number of nitrogens with zero attached hydrogens (tertiary/aromatic N) is 1. The zero-order chi connectivity index (χ0) is 14.4. The Kier molecular flexibility index (Phi) is 5.77. The molecule has 0 aromatic rings. The van der Waals surface area contributed by atoms with E-state index in [1.165, 1.54) is 24.1 Å². The molecule has 0 saturated heterocycles. The molecular formula is C9H20F6NP. The van der Waals surface area contributed by atoms with Gasteiger partial charge in [0, 0.05) is 0 Å². The van der Waals surface area contributed by atoms with Crippen LogP contribution in [0.2, 0.25) is 0 Å². The van der Waals surface area contributed by atoms with Gasteiger partial charge in [0.25, 0.3) is 0 Å². The molecule has 0 aliphatic carbocycles. The van der Waals surface area contributed by atoms with Gasteiger partial charge in [-0.2, -0.15) is 0 Å². The van der Waals surface area contributed by atoms with Gasteiger partial charge in [0.1, 0.15) is 0 Å². The number of likely N-dealkylation sites (N-methyl/N-ethyl adjacent to an activating group) is 1. The van der Waals surface area contributed by atoms with Crippen LogP contribution in [-0.2, 0) is 0 Å². The van der Waals surface area contributed by atoms with E-state index < -0.39 is 7.81 Å². The Bertz CT molecular complexity index is 220. The molecule has 0 saturated carbocycles. The van der Waals surface area contributed by atoms with Crippen molar-refractivity contribution in [3.8, 4) is 0 Å². The number of rotatable bonds is 5. The summed E-state index contributed by atoms with van der Waals surface area (Å²) < 4.78 is 60.4. The van der Waals surface area contributed by atoms with Gasteiger partial charge < -0.3 is 4.48 Å². The van der Waals surface area contributed by atoms with E-state index in [-0.39, 0.29) is 0 Å². The first kappa shape index (κ1) is 19.1. The Morgan fingerprint density at radius 2 is 1.12 bits per heavy atom. The zero-order valence-corrected chi connectivity index (χ0v) is 11.2. The van der Waals surface area contributed by atoms with Crippen molar-refractivity contribution in [3.05, 3.63) is 12.7 Å². The van der Waals surface area contributed by atoms with Crippen molar-refractivity contribution >= 4 is 7.81 Å². The number of halogens is 6. The van der Waals surface area contributed by atoms with Crippen molar-refractivity contribution in [2.45, 2.75) is 20.8 Å². The second-order valence-electron chi connectivity index (χ2n) is 3.72. The first-order chi connectivity index (χ1) is 7.19. The average Bonchev–Trinajstić information content (AvgIpc) is 2.09. The van der Waals surface area contributed by atoms with Crippen LogP contribution in [0.25, 0.3) is 0 Å². The van der Waals surface area contributed by atoms with E-state index in [0.29, 0.717) is 0 Å². The van der Waals surface area contributed by atoms with Crippen LogP contribution in [0, 0.1) is 0 Å². The van der Waals surface area contributed by atoms with Crippen molar-refractivity contribution in [2.24, 2.45) is 0 Å². The van der Waals surface area contributed by atoms with Gasteiger partial charge in [-0.15, -0.1) is 0 Å². The van der Waals surface area contributed by atoms with Crippen molar-refractivity contribution in [3.63, 3.8) is 0 Å².